The molecule has 7 nitrogen and oxygen atoms in total. The Hall–Kier alpha value is -3.31. The first-order valence-corrected chi connectivity index (χ1v) is 9.58. The average Bonchev–Trinajstić information content (AvgIpc) is 3.03. The van der Waals surface area contributed by atoms with Crippen LogP contribution in [0.5, 0.6) is 5.75 Å². The van der Waals surface area contributed by atoms with Gasteiger partial charge in [-0.15, -0.1) is 11.3 Å². The van der Waals surface area contributed by atoms with E-state index in [-0.39, 0.29) is 17.7 Å². The minimum Gasteiger partial charge on any atom is -0.508 e. The van der Waals surface area contributed by atoms with Crippen LogP contribution in [0.3, 0.4) is 0 Å². The van der Waals surface area contributed by atoms with Crippen molar-refractivity contribution in [2.24, 2.45) is 0 Å². The Balaban J connectivity index is 1.73. The van der Waals surface area contributed by atoms with Gasteiger partial charge in [0.15, 0.2) is 0 Å². The number of nitrogens with one attached hydrogen (secondary N) is 1. The number of hydrogen-bond donors (Lipinski definition) is 2. The molecule has 0 fully saturated rings. The van der Waals surface area contributed by atoms with E-state index in [9.17, 15) is 20.0 Å². The Kier molecular flexibility index (Phi) is 5.96. The summed E-state index contributed by atoms with van der Waals surface area (Å²) < 4.78 is 5.04. The van der Waals surface area contributed by atoms with E-state index >= 15 is 0 Å². The Labute approximate surface area is 166 Å². The SMILES string of the molecule is CCOC(=O)N1CCc2c(sc(NC(=O)/C=C/c3ccc(O)cc3)c2C#N)C1. The lowest BCUT2D eigenvalue weighted by molar-refractivity contribution is -0.111. The van der Waals surface area contributed by atoms with Crippen molar-refractivity contribution < 1.29 is 19.4 Å². The van der Waals surface area contributed by atoms with Gasteiger partial charge in [-0.05, 0) is 42.7 Å². The summed E-state index contributed by atoms with van der Waals surface area (Å²) in [5, 5.41) is 22.1. The molecule has 2 N–H and O–H groups in total. The van der Waals surface area contributed by atoms with Gasteiger partial charge in [0.2, 0.25) is 5.91 Å². The number of phenols is 1. The molecular formula is C20H19N3O4S. The Morgan fingerprint density at radius 1 is 1.39 bits per heavy atom. The number of amides is 2. The van der Waals surface area contributed by atoms with Crippen molar-refractivity contribution in [2.75, 3.05) is 18.5 Å². The molecule has 2 amide bonds. The van der Waals surface area contributed by atoms with E-state index in [1.165, 1.54) is 29.5 Å². The first kappa shape index (κ1) is 19.5. The third-order valence-corrected chi connectivity index (χ3v) is 5.38. The van der Waals surface area contributed by atoms with Crippen LogP contribution in [0.1, 0.15) is 28.5 Å². The molecule has 0 bridgehead atoms. The van der Waals surface area contributed by atoms with Crippen molar-refractivity contribution in [1.29, 1.82) is 5.26 Å². The van der Waals surface area contributed by atoms with Gasteiger partial charge in [-0.1, -0.05) is 12.1 Å². The van der Waals surface area contributed by atoms with Gasteiger partial charge < -0.3 is 20.1 Å². The van der Waals surface area contributed by atoms with E-state index < -0.39 is 0 Å². The second-order valence-corrected chi connectivity index (χ2v) is 7.21. The molecule has 0 saturated heterocycles. The minimum atomic E-state index is -0.373. The molecule has 3 rings (SSSR count). The highest BCUT2D eigenvalue weighted by molar-refractivity contribution is 7.16. The minimum absolute atomic E-state index is 0.154. The number of nitrogens with zero attached hydrogens (tertiary/aromatic N) is 2. The molecule has 2 heterocycles. The molecule has 0 unspecified atom stereocenters. The molecule has 1 aliphatic rings. The number of fused-ring (bicyclic) bond motifs is 1. The van der Waals surface area contributed by atoms with Gasteiger partial charge in [0.1, 0.15) is 16.8 Å². The van der Waals surface area contributed by atoms with Gasteiger partial charge in [-0.3, -0.25) is 4.79 Å². The van der Waals surface area contributed by atoms with Crippen molar-refractivity contribution in [1.82, 2.24) is 4.90 Å². The molecule has 0 aliphatic carbocycles. The number of benzene rings is 1. The van der Waals surface area contributed by atoms with Crippen LogP contribution in [0.4, 0.5) is 9.80 Å². The number of carbonyl (C=O) groups excluding carboxylic acids is 2. The smallest absolute Gasteiger partial charge is 0.410 e. The average molecular weight is 397 g/mol. The second kappa shape index (κ2) is 8.59. The zero-order valence-corrected chi connectivity index (χ0v) is 16.1. The number of anilines is 1. The van der Waals surface area contributed by atoms with Gasteiger partial charge in [-0.25, -0.2) is 4.79 Å². The fourth-order valence-electron chi connectivity index (χ4n) is 2.89. The van der Waals surface area contributed by atoms with Crippen LogP contribution in [0, 0.1) is 11.3 Å². The molecule has 1 aliphatic heterocycles. The quantitative estimate of drug-likeness (QED) is 0.769. The summed E-state index contributed by atoms with van der Waals surface area (Å²) in [5.74, 6) is -0.202. The van der Waals surface area contributed by atoms with Gasteiger partial charge in [0.05, 0.1) is 18.7 Å². The van der Waals surface area contributed by atoms with Crippen LogP contribution in [0.2, 0.25) is 0 Å². The number of rotatable bonds is 4. The maximum Gasteiger partial charge on any atom is 0.410 e. The maximum absolute atomic E-state index is 12.3. The van der Waals surface area contributed by atoms with Crippen molar-refractivity contribution in [3.63, 3.8) is 0 Å². The Bertz CT molecular complexity index is 957. The molecular weight excluding hydrogens is 378 g/mol. The highest BCUT2D eigenvalue weighted by Crippen LogP contribution is 2.36. The van der Waals surface area contributed by atoms with Crippen LogP contribution in [-0.2, 0) is 22.5 Å². The summed E-state index contributed by atoms with van der Waals surface area (Å²) in [7, 11) is 0. The molecule has 0 saturated carbocycles. The summed E-state index contributed by atoms with van der Waals surface area (Å²) >= 11 is 1.31. The normalized spacial score (nSPS) is 13.1. The van der Waals surface area contributed by atoms with Gasteiger partial charge in [0, 0.05) is 17.5 Å². The number of hydrogen-bond acceptors (Lipinski definition) is 6. The van der Waals surface area contributed by atoms with Crippen LogP contribution in [-0.4, -0.2) is 35.2 Å². The summed E-state index contributed by atoms with van der Waals surface area (Å²) in [5.41, 5.74) is 2.10. The molecule has 0 spiro atoms. The van der Waals surface area contributed by atoms with E-state index in [0.29, 0.717) is 36.7 Å². The third kappa shape index (κ3) is 4.32. The lowest BCUT2D eigenvalue weighted by Gasteiger charge is -2.25. The van der Waals surface area contributed by atoms with Crippen LogP contribution in [0.15, 0.2) is 30.3 Å². The molecule has 1 aromatic heterocycles. The predicted molar refractivity (Wildman–Crippen MR) is 106 cm³/mol. The van der Waals surface area contributed by atoms with E-state index in [4.69, 9.17) is 4.74 Å². The van der Waals surface area contributed by atoms with E-state index in [0.717, 1.165) is 16.0 Å². The van der Waals surface area contributed by atoms with Crippen LogP contribution >= 0.6 is 11.3 Å². The summed E-state index contributed by atoms with van der Waals surface area (Å²) in [6.45, 7) is 2.91. The molecule has 28 heavy (non-hydrogen) atoms. The second-order valence-electron chi connectivity index (χ2n) is 6.10. The number of thiophene rings is 1. The van der Waals surface area contributed by atoms with Crippen molar-refractivity contribution in [3.05, 3.63) is 51.9 Å². The number of nitriles is 1. The van der Waals surface area contributed by atoms with E-state index in [2.05, 4.69) is 11.4 Å². The number of ether oxygens (including phenoxy) is 1. The molecule has 8 heteroatoms. The Morgan fingerprint density at radius 2 is 2.14 bits per heavy atom. The largest absolute Gasteiger partial charge is 0.508 e. The Morgan fingerprint density at radius 3 is 2.82 bits per heavy atom. The predicted octanol–water partition coefficient (Wildman–Crippen LogP) is 3.49. The summed E-state index contributed by atoms with van der Waals surface area (Å²) in [6.07, 6.45) is 3.17. The van der Waals surface area contributed by atoms with Gasteiger partial charge in [-0.2, -0.15) is 5.26 Å². The standard InChI is InChI=1S/C20H19N3O4S/c1-2-27-20(26)23-10-9-15-16(11-21)19(28-17(15)12-23)22-18(25)8-5-13-3-6-14(24)7-4-13/h3-8,24H,2,9-10,12H2,1H3,(H,22,25)/b8-5+. The molecule has 0 radical (unpaired) electrons. The zero-order chi connectivity index (χ0) is 20.1. The highest BCUT2D eigenvalue weighted by atomic mass is 32.1. The number of carbonyl (C=O) groups is 2. The van der Waals surface area contributed by atoms with Gasteiger partial charge in [0.25, 0.3) is 0 Å². The summed E-state index contributed by atoms with van der Waals surface area (Å²) in [4.78, 5) is 26.7. The van der Waals surface area contributed by atoms with Crippen molar-refractivity contribution >= 4 is 34.4 Å². The topological polar surface area (TPSA) is 103 Å². The molecule has 0 atom stereocenters. The summed E-state index contributed by atoms with van der Waals surface area (Å²) in [6, 6.07) is 8.62. The fraction of sp³-hybridized carbons (Fsp3) is 0.250. The van der Waals surface area contributed by atoms with E-state index in [1.54, 1.807) is 30.0 Å². The third-order valence-electron chi connectivity index (χ3n) is 4.25. The highest BCUT2D eigenvalue weighted by Gasteiger charge is 2.27. The lowest BCUT2D eigenvalue weighted by atomic mass is 10.0. The van der Waals surface area contributed by atoms with Gasteiger partial charge >= 0.3 is 6.09 Å². The zero-order valence-electron chi connectivity index (χ0n) is 15.3. The van der Waals surface area contributed by atoms with Crippen LogP contribution in [0.25, 0.3) is 6.08 Å². The van der Waals surface area contributed by atoms with E-state index in [1.807, 2.05) is 0 Å². The molecule has 144 valence electrons. The monoisotopic (exact) mass is 397 g/mol. The first-order chi connectivity index (χ1) is 13.5. The maximum atomic E-state index is 12.3. The molecule has 2 aromatic rings. The van der Waals surface area contributed by atoms with Crippen LogP contribution < -0.4 is 5.32 Å². The molecule has 1 aromatic carbocycles. The number of phenolic OH excluding ortho intramolecular Hbond substituents is 1. The number of aromatic hydroxyl groups is 1. The van der Waals surface area contributed by atoms with Crippen molar-refractivity contribution in [3.8, 4) is 11.8 Å². The fourth-order valence-corrected chi connectivity index (χ4v) is 4.11. The van der Waals surface area contributed by atoms with Crippen molar-refractivity contribution in [2.45, 2.75) is 19.9 Å². The lowest BCUT2D eigenvalue weighted by Crippen LogP contribution is -2.35. The first-order valence-electron chi connectivity index (χ1n) is 8.76.